The molecule has 1 saturated heterocycles. The van der Waals surface area contributed by atoms with E-state index in [-0.39, 0.29) is 0 Å². The Morgan fingerprint density at radius 1 is 1.53 bits per heavy atom. The van der Waals surface area contributed by atoms with Gasteiger partial charge in [-0.3, -0.25) is 0 Å². The maximum Gasteiger partial charge on any atom is 0.147 e. The minimum Gasteiger partial charge on any atom is -0.355 e. The Kier molecular flexibility index (Phi) is 3.71. The zero-order chi connectivity index (χ0) is 10.7. The fourth-order valence-electron chi connectivity index (χ4n) is 1.99. The topological polar surface area (TPSA) is 16.1 Å². The van der Waals surface area contributed by atoms with Crippen LogP contribution in [0.1, 0.15) is 12.8 Å². The van der Waals surface area contributed by atoms with Crippen molar-refractivity contribution in [2.75, 3.05) is 23.9 Å². The zero-order valence-corrected chi connectivity index (χ0v) is 10.0. The van der Waals surface area contributed by atoms with Crippen molar-refractivity contribution in [1.29, 1.82) is 0 Å². The van der Waals surface area contributed by atoms with E-state index in [0.717, 1.165) is 29.8 Å². The van der Waals surface area contributed by atoms with E-state index < -0.39 is 0 Å². The molecule has 1 aliphatic rings. The molecule has 4 heteroatoms. The number of pyridine rings is 1. The molecule has 1 unspecified atom stereocenters. The maximum atomic E-state index is 6.11. The molecule has 0 N–H and O–H groups in total. The summed E-state index contributed by atoms with van der Waals surface area (Å²) in [5.74, 6) is 2.19. The van der Waals surface area contributed by atoms with Gasteiger partial charge in [-0.1, -0.05) is 11.6 Å². The highest BCUT2D eigenvalue weighted by Crippen LogP contribution is 2.27. The quantitative estimate of drug-likeness (QED) is 0.744. The van der Waals surface area contributed by atoms with Crippen molar-refractivity contribution in [2.24, 2.45) is 5.92 Å². The van der Waals surface area contributed by atoms with Crippen LogP contribution < -0.4 is 4.90 Å². The van der Waals surface area contributed by atoms with E-state index >= 15 is 0 Å². The van der Waals surface area contributed by atoms with Gasteiger partial charge in [-0.15, -0.1) is 11.6 Å². The van der Waals surface area contributed by atoms with E-state index in [2.05, 4.69) is 9.88 Å². The summed E-state index contributed by atoms with van der Waals surface area (Å²) in [6.07, 6.45) is 4.17. The van der Waals surface area contributed by atoms with Crippen LogP contribution in [0.25, 0.3) is 0 Å². The van der Waals surface area contributed by atoms with Crippen molar-refractivity contribution in [3.05, 3.63) is 23.4 Å². The SMILES string of the molecule is ClCC1CCCN(c2ncccc2Cl)C1. The largest absolute Gasteiger partial charge is 0.355 e. The predicted octanol–water partition coefficient (Wildman–Crippen LogP) is 3.19. The molecule has 0 aliphatic carbocycles. The Morgan fingerprint density at radius 3 is 3.13 bits per heavy atom. The van der Waals surface area contributed by atoms with Gasteiger partial charge in [-0.05, 0) is 30.9 Å². The average Bonchev–Trinajstić information content (AvgIpc) is 2.30. The summed E-state index contributed by atoms with van der Waals surface area (Å²) in [5, 5.41) is 0.729. The first kappa shape index (κ1) is 11.0. The van der Waals surface area contributed by atoms with Crippen LogP contribution in [-0.4, -0.2) is 24.0 Å². The van der Waals surface area contributed by atoms with Gasteiger partial charge in [0.05, 0.1) is 5.02 Å². The van der Waals surface area contributed by atoms with Crippen LogP contribution in [0.5, 0.6) is 0 Å². The number of hydrogen-bond donors (Lipinski definition) is 0. The highest BCUT2D eigenvalue weighted by atomic mass is 35.5. The number of piperidine rings is 1. The lowest BCUT2D eigenvalue weighted by molar-refractivity contribution is 0.449. The summed E-state index contributed by atoms with van der Waals surface area (Å²) < 4.78 is 0. The number of halogens is 2. The number of alkyl halides is 1. The molecule has 2 nitrogen and oxygen atoms in total. The third-order valence-electron chi connectivity index (χ3n) is 2.78. The molecule has 2 rings (SSSR count). The summed E-state index contributed by atoms with van der Waals surface area (Å²) in [7, 11) is 0. The molecule has 0 spiro atoms. The second kappa shape index (κ2) is 5.04. The monoisotopic (exact) mass is 244 g/mol. The third kappa shape index (κ3) is 2.56. The van der Waals surface area contributed by atoms with Gasteiger partial charge in [0, 0.05) is 25.2 Å². The van der Waals surface area contributed by atoms with Crippen LogP contribution in [0, 0.1) is 5.92 Å². The number of aromatic nitrogens is 1. The minimum atomic E-state index is 0.568. The number of hydrogen-bond acceptors (Lipinski definition) is 2. The van der Waals surface area contributed by atoms with Gasteiger partial charge < -0.3 is 4.90 Å². The summed E-state index contributed by atoms with van der Waals surface area (Å²) in [5.41, 5.74) is 0. The first-order valence-corrected chi connectivity index (χ1v) is 6.14. The molecule has 1 aliphatic heterocycles. The Bertz CT molecular complexity index is 330. The maximum absolute atomic E-state index is 6.11. The highest BCUT2D eigenvalue weighted by molar-refractivity contribution is 6.32. The standard InChI is InChI=1S/C11H14Cl2N2/c12-7-9-3-2-6-15(8-9)11-10(13)4-1-5-14-11/h1,4-5,9H,2-3,6-8H2. The Labute approximate surface area is 100 Å². The zero-order valence-electron chi connectivity index (χ0n) is 8.50. The van der Waals surface area contributed by atoms with Crippen LogP contribution in [0.4, 0.5) is 5.82 Å². The van der Waals surface area contributed by atoms with E-state index in [9.17, 15) is 0 Å². The van der Waals surface area contributed by atoms with Crippen LogP contribution in [-0.2, 0) is 0 Å². The van der Waals surface area contributed by atoms with Crippen molar-refractivity contribution in [3.8, 4) is 0 Å². The molecule has 1 fully saturated rings. The second-order valence-electron chi connectivity index (χ2n) is 3.92. The molecule has 1 aromatic heterocycles. The molecule has 0 radical (unpaired) electrons. The fraction of sp³-hybridized carbons (Fsp3) is 0.545. The van der Waals surface area contributed by atoms with E-state index in [1.54, 1.807) is 6.20 Å². The van der Waals surface area contributed by atoms with Crippen molar-refractivity contribution in [3.63, 3.8) is 0 Å². The molecule has 0 aromatic carbocycles. The molecular weight excluding hydrogens is 231 g/mol. The van der Waals surface area contributed by atoms with Crippen molar-refractivity contribution in [1.82, 2.24) is 4.98 Å². The normalized spacial score (nSPS) is 21.7. The number of anilines is 1. The fourth-order valence-corrected chi connectivity index (χ4v) is 2.49. The van der Waals surface area contributed by atoms with Gasteiger partial charge in [0.1, 0.15) is 5.82 Å². The van der Waals surface area contributed by atoms with Crippen LogP contribution in [0.3, 0.4) is 0 Å². The molecule has 82 valence electrons. The first-order valence-electron chi connectivity index (χ1n) is 5.22. The van der Waals surface area contributed by atoms with Gasteiger partial charge in [0.25, 0.3) is 0 Å². The van der Waals surface area contributed by atoms with Crippen LogP contribution >= 0.6 is 23.2 Å². The van der Waals surface area contributed by atoms with E-state index in [4.69, 9.17) is 23.2 Å². The second-order valence-corrected chi connectivity index (χ2v) is 4.63. The van der Waals surface area contributed by atoms with E-state index in [1.807, 2.05) is 12.1 Å². The lowest BCUT2D eigenvalue weighted by Gasteiger charge is -2.33. The molecule has 1 atom stereocenters. The van der Waals surface area contributed by atoms with Crippen LogP contribution in [0.15, 0.2) is 18.3 Å². The first-order chi connectivity index (χ1) is 7.31. The van der Waals surface area contributed by atoms with E-state index in [0.29, 0.717) is 5.92 Å². The molecule has 15 heavy (non-hydrogen) atoms. The summed E-state index contributed by atoms with van der Waals surface area (Å²) in [6, 6.07) is 3.74. The Balaban J connectivity index is 2.13. The molecule has 2 heterocycles. The molecular formula is C11H14Cl2N2. The Hall–Kier alpha value is -0.470. The summed E-state index contributed by atoms with van der Waals surface area (Å²) in [4.78, 5) is 6.56. The van der Waals surface area contributed by atoms with Crippen molar-refractivity contribution < 1.29 is 0 Å². The van der Waals surface area contributed by atoms with Gasteiger partial charge in [0.15, 0.2) is 0 Å². The average molecular weight is 245 g/mol. The van der Waals surface area contributed by atoms with Gasteiger partial charge in [-0.25, -0.2) is 4.98 Å². The third-order valence-corrected chi connectivity index (χ3v) is 3.51. The number of rotatable bonds is 2. The van der Waals surface area contributed by atoms with Crippen molar-refractivity contribution in [2.45, 2.75) is 12.8 Å². The number of nitrogens with zero attached hydrogens (tertiary/aromatic N) is 2. The molecule has 0 amide bonds. The van der Waals surface area contributed by atoms with E-state index in [1.165, 1.54) is 12.8 Å². The van der Waals surface area contributed by atoms with Gasteiger partial charge >= 0.3 is 0 Å². The Morgan fingerprint density at radius 2 is 2.40 bits per heavy atom. The molecule has 1 aromatic rings. The predicted molar refractivity (Wildman–Crippen MR) is 64.9 cm³/mol. The smallest absolute Gasteiger partial charge is 0.147 e. The molecule has 0 saturated carbocycles. The van der Waals surface area contributed by atoms with Gasteiger partial charge in [0.2, 0.25) is 0 Å². The summed E-state index contributed by atoms with van der Waals surface area (Å²) >= 11 is 12.0. The minimum absolute atomic E-state index is 0.568. The highest BCUT2D eigenvalue weighted by Gasteiger charge is 2.21. The van der Waals surface area contributed by atoms with Gasteiger partial charge in [-0.2, -0.15) is 0 Å². The lowest BCUT2D eigenvalue weighted by atomic mass is 10.0. The van der Waals surface area contributed by atoms with Crippen molar-refractivity contribution >= 4 is 29.0 Å². The summed E-state index contributed by atoms with van der Waals surface area (Å²) in [6.45, 7) is 2.00. The molecule has 0 bridgehead atoms. The lowest BCUT2D eigenvalue weighted by Crippen LogP contribution is -2.36. The van der Waals surface area contributed by atoms with Crippen LogP contribution in [0.2, 0.25) is 5.02 Å².